The molecular formula is C19H21N5O2. The first-order valence-electron chi connectivity index (χ1n) is 8.92. The highest BCUT2D eigenvalue weighted by molar-refractivity contribution is 6.04. The van der Waals surface area contributed by atoms with Crippen LogP contribution >= 0.6 is 0 Å². The van der Waals surface area contributed by atoms with Crippen LogP contribution in [0.2, 0.25) is 0 Å². The number of rotatable bonds is 6. The topological polar surface area (TPSA) is 87.2 Å². The Bertz CT molecular complexity index is 820. The highest BCUT2D eigenvalue weighted by atomic mass is 16.2. The van der Waals surface area contributed by atoms with E-state index < -0.39 is 0 Å². The number of pyridine rings is 2. The third kappa shape index (κ3) is 3.66. The van der Waals surface area contributed by atoms with Crippen LogP contribution in [0.25, 0.3) is 0 Å². The monoisotopic (exact) mass is 351 g/mol. The zero-order valence-corrected chi connectivity index (χ0v) is 14.4. The van der Waals surface area contributed by atoms with E-state index in [0.29, 0.717) is 36.1 Å². The zero-order valence-electron chi connectivity index (χ0n) is 14.4. The Balaban J connectivity index is 1.44. The van der Waals surface area contributed by atoms with E-state index in [1.54, 1.807) is 29.6 Å². The van der Waals surface area contributed by atoms with Gasteiger partial charge in [0.15, 0.2) is 0 Å². The van der Waals surface area contributed by atoms with Crippen LogP contribution in [0.3, 0.4) is 0 Å². The lowest BCUT2D eigenvalue weighted by molar-refractivity contribution is -0.117. The van der Waals surface area contributed by atoms with Gasteiger partial charge in [-0.3, -0.25) is 14.6 Å². The van der Waals surface area contributed by atoms with Crippen LogP contribution in [0.15, 0.2) is 36.8 Å². The summed E-state index contributed by atoms with van der Waals surface area (Å²) in [7, 11) is 0. The quantitative estimate of drug-likeness (QED) is 0.826. The molecule has 1 saturated carbocycles. The Labute approximate surface area is 151 Å². The van der Waals surface area contributed by atoms with Gasteiger partial charge in [0.2, 0.25) is 5.91 Å². The molecule has 3 heterocycles. The van der Waals surface area contributed by atoms with Crippen LogP contribution in [0.5, 0.6) is 0 Å². The molecule has 7 nitrogen and oxygen atoms in total. The number of aromatic nitrogens is 2. The summed E-state index contributed by atoms with van der Waals surface area (Å²) in [5.74, 6) is 1.08. The number of nitrogens with one attached hydrogen (secondary N) is 2. The van der Waals surface area contributed by atoms with Crippen LogP contribution in [-0.4, -0.2) is 41.4 Å². The van der Waals surface area contributed by atoms with Crippen molar-refractivity contribution in [2.24, 2.45) is 5.92 Å². The van der Waals surface area contributed by atoms with Gasteiger partial charge in [-0.05, 0) is 48.9 Å². The number of fused-ring (bicyclic) bond motifs is 1. The summed E-state index contributed by atoms with van der Waals surface area (Å²) < 4.78 is 0. The van der Waals surface area contributed by atoms with E-state index in [1.807, 2.05) is 12.1 Å². The molecular weight excluding hydrogens is 330 g/mol. The molecule has 2 aromatic heterocycles. The SMILES string of the molecule is O=C(NCCc1ccncc1)c1cnc2c(c1)N(CC1CC1)C(=O)CN2. The van der Waals surface area contributed by atoms with E-state index in [4.69, 9.17) is 0 Å². The number of anilines is 2. The van der Waals surface area contributed by atoms with Gasteiger partial charge in [-0.2, -0.15) is 0 Å². The van der Waals surface area contributed by atoms with Gasteiger partial charge in [0.1, 0.15) is 5.82 Å². The fraction of sp³-hybridized carbons (Fsp3) is 0.368. The molecule has 0 unspecified atom stereocenters. The molecule has 2 N–H and O–H groups in total. The number of hydrogen-bond acceptors (Lipinski definition) is 5. The van der Waals surface area contributed by atoms with E-state index >= 15 is 0 Å². The highest BCUT2D eigenvalue weighted by Crippen LogP contribution is 2.35. The molecule has 26 heavy (non-hydrogen) atoms. The molecule has 2 amide bonds. The first-order chi connectivity index (χ1) is 12.7. The number of nitrogens with zero attached hydrogens (tertiary/aromatic N) is 3. The summed E-state index contributed by atoms with van der Waals surface area (Å²) in [4.78, 5) is 34.8. The van der Waals surface area contributed by atoms with Crippen molar-refractivity contribution in [2.75, 3.05) is 29.9 Å². The molecule has 0 bridgehead atoms. The summed E-state index contributed by atoms with van der Waals surface area (Å²) in [5.41, 5.74) is 2.29. The number of amides is 2. The minimum absolute atomic E-state index is 0.0291. The Morgan fingerprint density at radius 2 is 2.12 bits per heavy atom. The minimum atomic E-state index is -0.182. The van der Waals surface area contributed by atoms with Crippen LogP contribution < -0.4 is 15.5 Å². The molecule has 0 saturated heterocycles. The van der Waals surface area contributed by atoms with Gasteiger partial charge in [-0.15, -0.1) is 0 Å². The maximum absolute atomic E-state index is 12.5. The third-order valence-corrected chi connectivity index (χ3v) is 4.71. The second kappa shape index (κ2) is 7.11. The lowest BCUT2D eigenvalue weighted by Gasteiger charge is -2.29. The average Bonchev–Trinajstić information content (AvgIpc) is 3.49. The molecule has 7 heteroatoms. The van der Waals surface area contributed by atoms with E-state index in [0.717, 1.165) is 24.8 Å². The molecule has 2 aliphatic rings. The summed E-state index contributed by atoms with van der Waals surface area (Å²) in [6, 6.07) is 5.62. The molecule has 4 rings (SSSR count). The zero-order chi connectivity index (χ0) is 17.9. The summed E-state index contributed by atoms with van der Waals surface area (Å²) in [5, 5.41) is 5.94. The molecule has 0 aromatic carbocycles. The standard InChI is InChI=1S/C19H21N5O2/c25-17-11-23-18-16(24(17)12-14-1-2-14)9-15(10-22-18)19(26)21-8-5-13-3-6-20-7-4-13/h3-4,6-7,9-10,14H,1-2,5,8,11-12H2,(H,21,26)(H,22,23). The van der Waals surface area contributed by atoms with Gasteiger partial charge >= 0.3 is 0 Å². The van der Waals surface area contributed by atoms with Gasteiger partial charge in [-0.1, -0.05) is 0 Å². The largest absolute Gasteiger partial charge is 0.359 e. The Morgan fingerprint density at radius 1 is 1.31 bits per heavy atom. The van der Waals surface area contributed by atoms with Crippen LogP contribution in [-0.2, 0) is 11.2 Å². The van der Waals surface area contributed by atoms with Crippen molar-refractivity contribution in [2.45, 2.75) is 19.3 Å². The summed E-state index contributed by atoms with van der Waals surface area (Å²) in [6.07, 6.45) is 8.09. The molecule has 1 aliphatic carbocycles. The molecule has 0 spiro atoms. The summed E-state index contributed by atoms with van der Waals surface area (Å²) >= 11 is 0. The maximum Gasteiger partial charge on any atom is 0.252 e. The van der Waals surface area contributed by atoms with Crippen LogP contribution in [0, 0.1) is 5.92 Å². The van der Waals surface area contributed by atoms with Gasteiger partial charge in [0, 0.05) is 31.7 Å². The predicted octanol–water partition coefficient (Wildman–Crippen LogP) is 1.62. The van der Waals surface area contributed by atoms with Crippen molar-refractivity contribution in [3.8, 4) is 0 Å². The van der Waals surface area contributed by atoms with Crippen LogP contribution in [0.1, 0.15) is 28.8 Å². The van der Waals surface area contributed by atoms with Crippen molar-refractivity contribution < 1.29 is 9.59 Å². The molecule has 0 radical (unpaired) electrons. The van der Waals surface area contributed by atoms with Gasteiger partial charge in [0.25, 0.3) is 5.91 Å². The number of carbonyl (C=O) groups excluding carboxylic acids is 2. The first kappa shape index (κ1) is 16.5. The van der Waals surface area contributed by atoms with Crippen molar-refractivity contribution in [1.29, 1.82) is 0 Å². The van der Waals surface area contributed by atoms with E-state index in [1.165, 1.54) is 0 Å². The molecule has 0 atom stereocenters. The lowest BCUT2D eigenvalue weighted by atomic mass is 10.1. The van der Waals surface area contributed by atoms with Gasteiger partial charge < -0.3 is 15.5 Å². The van der Waals surface area contributed by atoms with Gasteiger partial charge in [-0.25, -0.2) is 4.98 Å². The first-order valence-corrected chi connectivity index (χ1v) is 8.92. The minimum Gasteiger partial charge on any atom is -0.359 e. The predicted molar refractivity (Wildman–Crippen MR) is 98.1 cm³/mol. The van der Waals surface area contributed by atoms with Crippen molar-refractivity contribution in [3.05, 3.63) is 47.9 Å². The molecule has 1 fully saturated rings. The number of hydrogen-bond donors (Lipinski definition) is 2. The average molecular weight is 351 g/mol. The number of carbonyl (C=O) groups is 2. The highest BCUT2D eigenvalue weighted by Gasteiger charge is 2.31. The fourth-order valence-electron chi connectivity index (χ4n) is 3.04. The smallest absolute Gasteiger partial charge is 0.252 e. The van der Waals surface area contributed by atoms with E-state index in [2.05, 4.69) is 20.6 Å². The van der Waals surface area contributed by atoms with E-state index in [-0.39, 0.29) is 18.4 Å². The Hall–Kier alpha value is -2.96. The summed E-state index contributed by atoms with van der Waals surface area (Å²) in [6.45, 7) is 1.50. The third-order valence-electron chi connectivity index (χ3n) is 4.71. The lowest BCUT2D eigenvalue weighted by Crippen LogP contribution is -2.41. The second-order valence-corrected chi connectivity index (χ2v) is 6.75. The fourth-order valence-corrected chi connectivity index (χ4v) is 3.04. The van der Waals surface area contributed by atoms with Crippen molar-refractivity contribution in [3.63, 3.8) is 0 Å². The second-order valence-electron chi connectivity index (χ2n) is 6.75. The van der Waals surface area contributed by atoms with Crippen molar-refractivity contribution >= 4 is 23.3 Å². The Kier molecular flexibility index (Phi) is 4.51. The Morgan fingerprint density at radius 3 is 2.88 bits per heavy atom. The maximum atomic E-state index is 12.5. The van der Waals surface area contributed by atoms with Crippen LogP contribution in [0.4, 0.5) is 11.5 Å². The van der Waals surface area contributed by atoms with Gasteiger partial charge in [0.05, 0.1) is 17.8 Å². The molecule has 2 aromatic rings. The molecule has 134 valence electrons. The molecule has 1 aliphatic heterocycles. The normalized spacial score (nSPS) is 16.0. The van der Waals surface area contributed by atoms with E-state index in [9.17, 15) is 9.59 Å². The van der Waals surface area contributed by atoms with Crippen molar-refractivity contribution in [1.82, 2.24) is 15.3 Å².